The van der Waals surface area contributed by atoms with Crippen LogP contribution in [0.5, 0.6) is 5.75 Å². The van der Waals surface area contributed by atoms with Crippen LogP contribution in [0, 0.1) is 0 Å². The summed E-state index contributed by atoms with van der Waals surface area (Å²) in [7, 11) is 0.918. The Morgan fingerprint density at radius 2 is 2.00 bits per heavy atom. The zero-order chi connectivity index (χ0) is 14.1. The molecule has 0 atom stereocenters. The van der Waals surface area contributed by atoms with Crippen molar-refractivity contribution in [1.29, 1.82) is 0 Å². The molecule has 4 nitrogen and oxygen atoms in total. The van der Waals surface area contributed by atoms with Crippen molar-refractivity contribution < 1.29 is 36.6 Å². The second-order valence-corrected chi connectivity index (χ2v) is 3.08. The predicted molar refractivity (Wildman–Crippen MR) is 47.7 cm³/mol. The van der Waals surface area contributed by atoms with E-state index in [-0.39, 0.29) is 0 Å². The summed E-state index contributed by atoms with van der Waals surface area (Å²) in [4.78, 5) is 13.3. The fourth-order valence-corrected chi connectivity index (χ4v) is 1.21. The monoisotopic (exact) mass is 271 g/mol. The molecule has 0 fully saturated rings. The molecule has 1 heterocycles. The molecule has 0 aliphatic heterocycles. The molecule has 0 spiro atoms. The SMILES string of the molecule is COc1cc(C(=O)O)c(C(F)(F)F)nc1C(F)F. The molecule has 0 aromatic carbocycles. The number of carbonyl (C=O) groups is 1. The summed E-state index contributed by atoms with van der Waals surface area (Å²) in [6.07, 6.45) is -8.47. The highest BCUT2D eigenvalue weighted by molar-refractivity contribution is 5.89. The summed E-state index contributed by atoms with van der Waals surface area (Å²) in [5, 5.41) is 8.60. The normalized spacial score (nSPS) is 11.7. The fraction of sp³-hybridized carbons (Fsp3) is 0.333. The van der Waals surface area contributed by atoms with E-state index in [9.17, 15) is 26.7 Å². The van der Waals surface area contributed by atoms with Crippen LogP contribution >= 0.6 is 0 Å². The van der Waals surface area contributed by atoms with Crippen molar-refractivity contribution in [2.24, 2.45) is 0 Å². The third-order valence-electron chi connectivity index (χ3n) is 1.94. The molecule has 0 aliphatic rings. The molecule has 1 rings (SSSR count). The number of aromatic carboxylic acids is 1. The van der Waals surface area contributed by atoms with E-state index in [0.29, 0.717) is 6.07 Å². The number of halogens is 5. The molecule has 18 heavy (non-hydrogen) atoms. The summed E-state index contributed by atoms with van der Waals surface area (Å²) in [6, 6.07) is 0.375. The first-order chi connectivity index (χ1) is 8.18. The van der Waals surface area contributed by atoms with Crippen molar-refractivity contribution in [3.05, 3.63) is 23.0 Å². The Kier molecular flexibility index (Phi) is 3.73. The number of carboxylic acids is 1. The average molecular weight is 271 g/mol. The number of nitrogens with zero attached hydrogens (tertiary/aromatic N) is 1. The van der Waals surface area contributed by atoms with E-state index in [1.807, 2.05) is 0 Å². The number of hydrogen-bond donors (Lipinski definition) is 1. The number of methoxy groups -OCH3 is 1. The maximum atomic E-state index is 12.5. The zero-order valence-corrected chi connectivity index (χ0v) is 8.76. The number of hydrogen-bond acceptors (Lipinski definition) is 3. The quantitative estimate of drug-likeness (QED) is 0.859. The number of alkyl halides is 5. The van der Waals surface area contributed by atoms with Crippen molar-refractivity contribution in [2.75, 3.05) is 7.11 Å². The highest BCUT2D eigenvalue weighted by Crippen LogP contribution is 2.36. The van der Waals surface area contributed by atoms with Gasteiger partial charge in [0.1, 0.15) is 11.4 Å². The van der Waals surface area contributed by atoms with Gasteiger partial charge in [-0.15, -0.1) is 0 Å². The molecular weight excluding hydrogens is 265 g/mol. The van der Waals surface area contributed by atoms with Gasteiger partial charge in [0.25, 0.3) is 6.43 Å². The molecule has 0 aliphatic carbocycles. The minimum Gasteiger partial charge on any atom is -0.495 e. The first kappa shape index (κ1) is 14.1. The molecule has 0 unspecified atom stereocenters. The van der Waals surface area contributed by atoms with Crippen LogP contribution in [0.4, 0.5) is 22.0 Å². The maximum Gasteiger partial charge on any atom is 0.434 e. The molecule has 1 aromatic heterocycles. The van der Waals surface area contributed by atoms with Gasteiger partial charge in [0.2, 0.25) is 0 Å². The second kappa shape index (κ2) is 4.75. The summed E-state index contributed by atoms with van der Waals surface area (Å²) in [6.45, 7) is 0. The standard InChI is InChI=1S/C9H6F5NO3/c1-18-4-2-3(8(16)17)6(9(12,13)14)15-5(4)7(10)11/h2,7H,1H3,(H,16,17). The first-order valence-electron chi connectivity index (χ1n) is 4.36. The van der Waals surface area contributed by atoms with Crippen molar-refractivity contribution >= 4 is 5.97 Å². The van der Waals surface area contributed by atoms with E-state index >= 15 is 0 Å². The van der Waals surface area contributed by atoms with Crippen LogP contribution in [0.15, 0.2) is 6.07 Å². The molecule has 9 heteroatoms. The van der Waals surface area contributed by atoms with Gasteiger partial charge in [-0.05, 0) is 6.07 Å². The van der Waals surface area contributed by atoms with Gasteiger partial charge in [-0.1, -0.05) is 0 Å². The van der Waals surface area contributed by atoms with E-state index in [1.165, 1.54) is 0 Å². The van der Waals surface area contributed by atoms with E-state index in [2.05, 4.69) is 9.72 Å². The number of ether oxygens (including phenoxy) is 1. The largest absolute Gasteiger partial charge is 0.495 e. The van der Waals surface area contributed by atoms with Gasteiger partial charge in [0.05, 0.1) is 12.7 Å². The minimum atomic E-state index is -5.15. The van der Waals surface area contributed by atoms with Crippen LogP contribution in [0.25, 0.3) is 0 Å². The molecule has 100 valence electrons. The van der Waals surface area contributed by atoms with E-state index in [4.69, 9.17) is 5.11 Å². The van der Waals surface area contributed by atoms with Crippen LogP contribution in [-0.4, -0.2) is 23.2 Å². The molecule has 0 saturated carbocycles. The highest BCUT2D eigenvalue weighted by Gasteiger charge is 2.39. The van der Waals surface area contributed by atoms with Crippen molar-refractivity contribution in [3.63, 3.8) is 0 Å². The molecular formula is C9H6F5NO3. The maximum absolute atomic E-state index is 12.5. The lowest BCUT2D eigenvalue weighted by atomic mass is 10.1. The lowest BCUT2D eigenvalue weighted by Crippen LogP contribution is -2.17. The lowest BCUT2D eigenvalue weighted by molar-refractivity contribution is -0.142. The number of aromatic nitrogens is 1. The number of pyridine rings is 1. The summed E-state index contributed by atoms with van der Waals surface area (Å²) >= 11 is 0. The van der Waals surface area contributed by atoms with Gasteiger partial charge in [-0.2, -0.15) is 13.2 Å². The molecule has 0 radical (unpaired) electrons. The molecule has 0 saturated heterocycles. The van der Waals surface area contributed by atoms with Gasteiger partial charge >= 0.3 is 12.1 Å². The first-order valence-corrected chi connectivity index (χ1v) is 4.36. The Labute approximate surface area is 97.0 Å². The van der Waals surface area contributed by atoms with Gasteiger partial charge in [0, 0.05) is 0 Å². The molecule has 1 N–H and O–H groups in total. The number of rotatable bonds is 3. The smallest absolute Gasteiger partial charge is 0.434 e. The van der Waals surface area contributed by atoms with E-state index in [1.54, 1.807) is 0 Å². The summed E-state index contributed by atoms with van der Waals surface area (Å²) in [5.41, 5.74) is -4.38. The molecule has 0 amide bonds. The second-order valence-electron chi connectivity index (χ2n) is 3.08. The Hall–Kier alpha value is -1.93. The van der Waals surface area contributed by atoms with Crippen LogP contribution in [-0.2, 0) is 6.18 Å². The van der Waals surface area contributed by atoms with Crippen LogP contribution < -0.4 is 4.74 Å². The fourth-order valence-electron chi connectivity index (χ4n) is 1.21. The zero-order valence-electron chi connectivity index (χ0n) is 8.76. The summed E-state index contributed by atoms with van der Waals surface area (Å²) < 4.78 is 66.7. The summed E-state index contributed by atoms with van der Waals surface area (Å²) in [5.74, 6) is -2.65. The third-order valence-corrected chi connectivity index (χ3v) is 1.94. The Bertz CT molecular complexity index is 472. The predicted octanol–water partition coefficient (Wildman–Crippen LogP) is 2.74. The lowest BCUT2D eigenvalue weighted by Gasteiger charge is -2.13. The van der Waals surface area contributed by atoms with Gasteiger partial charge < -0.3 is 9.84 Å². The van der Waals surface area contributed by atoms with Gasteiger partial charge in [0.15, 0.2) is 5.69 Å². The highest BCUT2D eigenvalue weighted by atomic mass is 19.4. The van der Waals surface area contributed by atoms with Crippen LogP contribution in [0.2, 0.25) is 0 Å². The van der Waals surface area contributed by atoms with Crippen molar-refractivity contribution in [3.8, 4) is 5.75 Å². The Balaban J connectivity index is 3.58. The molecule has 1 aromatic rings. The van der Waals surface area contributed by atoms with E-state index < -0.39 is 41.3 Å². The Morgan fingerprint density at radius 3 is 2.33 bits per heavy atom. The Morgan fingerprint density at radius 1 is 1.44 bits per heavy atom. The van der Waals surface area contributed by atoms with Crippen molar-refractivity contribution in [1.82, 2.24) is 4.98 Å². The molecule has 0 bridgehead atoms. The average Bonchev–Trinajstić information content (AvgIpc) is 2.25. The van der Waals surface area contributed by atoms with Gasteiger partial charge in [-0.3, -0.25) is 0 Å². The van der Waals surface area contributed by atoms with E-state index in [0.717, 1.165) is 7.11 Å². The van der Waals surface area contributed by atoms with Gasteiger partial charge in [-0.25, -0.2) is 18.6 Å². The van der Waals surface area contributed by atoms with Crippen LogP contribution in [0.1, 0.15) is 28.2 Å². The minimum absolute atomic E-state index is 0.375. The number of carboxylic acid groups (broad SMARTS) is 1. The van der Waals surface area contributed by atoms with Crippen molar-refractivity contribution in [2.45, 2.75) is 12.6 Å². The third kappa shape index (κ3) is 2.66. The topological polar surface area (TPSA) is 59.4 Å². The van der Waals surface area contributed by atoms with Crippen LogP contribution in [0.3, 0.4) is 0 Å².